The number of carbonyl (C=O) groups is 2. The van der Waals surface area contributed by atoms with Gasteiger partial charge in [0.05, 0.1) is 30.9 Å². The van der Waals surface area contributed by atoms with Crippen molar-refractivity contribution in [3.05, 3.63) is 34.4 Å². The standard InChI is InChI=1S/C18H20N4O4S/c1-25-12-6-3-9(7-13(12)26-2)14-11(8-19)16(20)27-15(14)17(23)22-18(24)21-10-4-5-10/h3,6-7,10,14-15H,4-5,20H2,1-2H3,(H2,21,22,23,24). The predicted molar refractivity (Wildman–Crippen MR) is 100 cm³/mol. The number of urea groups is 1. The lowest BCUT2D eigenvalue weighted by atomic mass is 9.88. The van der Waals surface area contributed by atoms with Crippen molar-refractivity contribution in [1.29, 1.82) is 5.26 Å². The predicted octanol–water partition coefficient (Wildman–Crippen LogP) is 1.58. The van der Waals surface area contributed by atoms with Gasteiger partial charge < -0.3 is 20.5 Å². The maximum absolute atomic E-state index is 12.7. The second kappa shape index (κ2) is 7.80. The van der Waals surface area contributed by atoms with Gasteiger partial charge in [0.2, 0.25) is 5.91 Å². The minimum absolute atomic E-state index is 0.133. The van der Waals surface area contributed by atoms with Crippen LogP contribution < -0.4 is 25.8 Å². The van der Waals surface area contributed by atoms with E-state index in [9.17, 15) is 14.9 Å². The summed E-state index contributed by atoms with van der Waals surface area (Å²) < 4.78 is 10.6. The molecule has 0 radical (unpaired) electrons. The van der Waals surface area contributed by atoms with Crippen LogP contribution >= 0.6 is 11.8 Å². The summed E-state index contributed by atoms with van der Waals surface area (Å²) in [6, 6.07) is 6.87. The Morgan fingerprint density at radius 2 is 1.96 bits per heavy atom. The van der Waals surface area contributed by atoms with Crippen LogP contribution in [0.4, 0.5) is 4.79 Å². The van der Waals surface area contributed by atoms with Crippen LogP contribution in [-0.4, -0.2) is 37.4 Å². The van der Waals surface area contributed by atoms with Gasteiger partial charge in [-0.05, 0) is 30.5 Å². The van der Waals surface area contributed by atoms with Crippen molar-refractivity contribution in [2.75, 3.05) is 14.2 Å². The minimum atomic E-state index is -0.734. The van der Waals surface area contributed by atoms with Crippen molar-refractivity contribution < 1.29 is 19.1 Å². The molecule has 3 rings (SSSR count). The fraction of sp³-hybridized carbons (Fsp3) is 0.389. The second-order valence-corrected chi connectivity index (χ2v) is 7.44. The molecule has 1 fully saturated rings. The number of thioether (sulfide) groups is 1. The normalized spacial score (nSPS) is 21.4. The molecule has 2 atom stereocenters. The molecule has 9 heteroatoms. The summed E-state index contributed by atoms with van der Waals surface area (Å²) in [6.45, 7) is 0. The summed E-state index contributed by atoms with van der Waals surface area (Å²) in [5, 5.41) is 14.1. The van der Waals surface area contributed by atoms with Crippen LogP contribution in [0, 0.1) is 11.3 Å². The highest BCUT2D eigenvalue weighted by molar-refractivity contribution is 8.04. The first kappa shape index (κ1) is 18.9. The van der Waals surface area contributed by atoms with Crippen LogP contribution in [0.25, 0.3) is 0 Å². The number of nitrogens with two attached hydrogens (primary N) is 1. The molecular formula is C18H20N4O4S. The quantitative estimate of drug-likeness (QED) is 0.699. The van der Waals surface area contributed by atoms with Gasteiger partial charge in [0.15, 0.2) is 11.5 Å². The van der Waals surface area contributed by atoms with Gasteiger partial charge in [-0.1, -0.05) is 17.8 Å². The number of allylic oxidation sites excluding steroid dienone is 1. The van der Waals surface area contributed by atoms with E-state index in [0.29, 0.717) is 22.6 Å². The minimum Gasteiger partial charge on any atom is -0.493 e. The highest BCUT2D eigenvalue weighted by Crippen LogP contribution is 2.46. The van der Waals surface area contributed by atoms with Gasteiger partial charge >= 0.3 is 6.03 Å². The number of ether oxygens (including phenoxy) is 2. The van der Waals surface area contributed by atoms with Gasteiger partial charge in [0.25, 0.3) is 0 Å². The van der Waals surface area contributed by atoms with Gasteiger partial charge in [-0.25, -0.2) is 4.79 Å². The lowest BCUT2D eigenvalue weighted by Gasteiger charge is -2.20. The summed E-state index contributed by atoms with van der Waals surface area (Å²) in [4.78, 5) is 24.6. The number of hydrogen-bond acceptors (Lipinski definition) is 7. The number of rotatable bonds is 5. The Morgan fingerprint density at radius 1 is 1.26 bits per heavy atom. The highest BCUT2D eigenvalue weighted by Gasteiger charge is 2.41. The van der Waals surface area contributed by atoms with E-state index < -0.39 is 23.1 Å². The van der Waals surface area contributed by atoms with Crippen molar-refractivity contribution in [3.8, 4) is 17.6 Å². The number of benzene rings is 1. The van der Waals surface area contributed by atoms with Crippen LogP contribution in [0.3, 0.4) is 0 Å². The molecule has 1 aliphatic carbocycles. The van der Waals surface area contributed by atoms with Crippen LogP contribution in [0.15, 0.2) is 28.8 Å². The van der Waals surface area contributed by atoms with Crippen molar-refractivity contribution in [2.24, 2.45) is 5.73 Å². The van der Waals surface area contributed by atoms with Crippen LogP contribution in [-0.2, 0) is 4.79 Å². The fourth-order valence-electron chi connectivity index (χ4n) is 2.92. The topological polar surface area (TPSA) is 126 Å². The molecule has 0 bridgehead atoms. The SMILES string of the molecule is COc1ccc(C2C(C#N)=C(N)SC2C(=O)NC(=O)NC2CC2)cc1OC. The number of hydrogen-bond donors (Lipinski definition) is 3. The van der Waals surface area contributed by atoms with E-state index in [-0.39, 0.29) is 11.1 Å². The maximum atomic E-state index is 12.7. The van der Waals surface area contributed by atoms with E-state index in [0.717, 1.165) is 24.6 Å². The summed E-state index contributed by atoms with van der Waals surface area (Å²) in [7, 11) is 3.03. The molecule has 1 heterocycles. The summed E-state index contributed by atoms with van der Waals surface area (Å²) in [6.07, 6.45) is 1.84. The smallest absolute Gasteiger partial charge is 0.321 e. The Hall–Kier alpha value is -2.86. The van der Waals surface area contributed by atoms with Gasteiger partial charge in [-0.2, -0.15) is 5.26 Å². The monoisotopic (exact) mass is 388 g/mol. The van der Waals surface area contributed by atoms with Crippen molar-refractivity contribution in [3.63, 3.8) is 0 Å². The third-order valence-electron chi connectivity index (χ3n) is 4.43. The van der Waals surface area contributed by atoms with E-state index in [1.807, 2.05) is 0 Å². The van der Waals surface area contributed by atoms with Gasteiger partial charge in [0.1, 0.15) is 5.25 Å². The maximum Gasteiger partial charge on any atom is 0.321 e. The van der Waals surface area contributed by atoms with Crippen molar-refractivity contribution in [2.45, 2.75) is 30.1 Å². The molecule has 0 saturated heterocycles. The molecule has 4 N–H and O–H groups in total. The molecule has 1 aromatic carbocycles. The highest BCUT2D eigenvalue weighted by atomic mass is 32.2. The number of carbonyl (C=O) groups excluding carboxylic acids is 2. The number of amides is 3. The first-order valence-electron chi connectivity index (χ1n) is 8.38. The number of nitrogens with one attached hydrogen (secondary N) is 2. The number of methoxy groups -OCH3 is 2. The molecule has 8 nitrogen and oxygen atoms in total. The summed E-state index contributed by atoms with van der Waals surface area (Å²) in [5.74, 6) is -0.0692. The first-order valence-corrected chi connectivity index (χ1v) is 9.26. The van der Waals surface area contributed by atoms with Crippen molar-refractivity contribution >= 4 is 23.7 Å². The van der Waals surface area contributed by atoms with E-state index in [2.05, 4.69) is 16.7 Å². The van der Waals surface area contributed by atoms with Crippen molar-refractivity contribution in [1.82, 2.24) is 10.6 Å². The molecule has 0 spiro atoms. The lowest BCUT2D eigenvalue weighted by Crippen LogP contribution is -2.45. The fourth-order valence-corrected chi connectivity index (χ4v) is 4.09. The molecule has 2 aliphatic rings. The zero-order valence-electron chi connectivity index (χ0n) is 14.9. The van der Waals surface area contributed by atoms with Crippen LogP contribution in [0.2, 0.25) is 0 Å². The third-order valence-corrected chi connectivity index (χ3v) is 5.64. The Morgan fingerprint density at radius 3 is 2.56 bits per heavy atom. The molecule has 3 amide bonds. The molecule has 1 saturated carbocycles. The van der Waals surface area contributed by atoms with Gasteiger partial charge in [-0.15, -0.1) is 0 Å². The number of nitrogens with zero attached hydrogens (tertiary/aromatic N) is 1. The Bertz CT molecular complexity index is 844. The molecular weight excluding hydrogens is 368 g/mol. The van der Waals surface area contributed by atoms with E-state index in [1.54, 1.807) is 18.2 Å². The number of imide groups is 1. The third kappa shape index (κ3) is 3.95. The largest absolute Gasteiger partial charge is 0.493 e. The zero-order chi connectivity index (χ0) is 19.6. The van der Waals surface area contributed by atoms with Crippen LogP contribution in [0.1, 0.15) is 24.3 Å². The summed E-state index contributed by atoms with van der Waals surface area (Å²) >= 11 is 1.08. The Labute approximate surface area is 161 Å². The average molecular weight is 388 g/mol. The molecule has 1 aliphatic heterocycles. The Balaban J connectivity index is 1.87. The molecule has 2 unspecified atom stereocenters. The molecule has 27 heavy (non-hydrogen) atoms. The molecule has 142 valence electrons. The Kier molecular flexibility index (Phi) is 5.46. The summed E-state index contributed by atoms with van der Waals surface area (Å²) in [5.41, 5.74) is 6.96. The molecule has 0 aromatic heterocycles. The first-order chi connectivity index (χ1) is 13.0. The molecule has 1 aromatic rings. The van der Waals surface area contributed by atoms with Gasteiger partial charge in [0, 0.05) is 12.0 Å². The number of nitriles is 1. The lowest BCUT2D eigenvalue weighted by molar-refractivity contribution is -0.119. The van der Waals surface area contributed by atoms with E-state index in [4.69, 9.17) is 15.2 Å². The van der Waals surface area contributed by atoms with E-state index in [1.165, 1.54) is 14.2 Å². The zero-order valence-corrected chi connectivity index (χ0v) is 15.8. The average Bonchev–Trinajstić information content (AvgIpc) is 3.40. The van der Waals surface area contributed by atoms with Crippen LogP contribution in [0.5, 0.6) is 11.5 Å². The van der Waals surface area contributed by atoms with Gasteiger partial charge in [-0.3, -0.25) is 10.1 Å². The van der Waals surface area contributed by atoms with E-state index >= 15 is 0 Å². The second-order valence-electron chi connectivity index (χ2n) is 6.26.